The predicted octanol–water partition coefficient (Wildman–Crippen LogP) is 3.80. The van der Waals surface area contributed by atoms with Crippen molar-refractivity contribution < 1.29 is 5.11 Å². The lowest BCUT2D eigenvalue weighted by Gasteiger charge is -2.35. The third kappa shape index (κ3) is 3.08. The molecule has 22 heavy (non-hydrogen) atoms. The monoisotopic (exact) mass is 295 g/mol. The fourth-order valence-corrected chi connectivity index (χ4v) is 3.57. The minimum Gasteiger partial charge on any atom is -0.380 e. The molecule has 1 fully saturated rings. The van der Waals surface area contributed by atoms with Crippen molar-refractivity contribution in [1.29, 1.82) is 0 Å². The third-order valence-electron chi connectivity index (χ3n) is 4.86. The topological polar surface area (TPSA) is 23.5 Å². The summed E-state index contributed by atoms with van der Waals surface area (Å²) in [6.45, 7) is 4.55. The lowest BCUT2D eigenvalue weighted by molar-refractivity contribution is 0.0417. The Hall–Kier alpha value is -1.64. The van der Waals surface area contributed by atoms with Crippen molar-refractivity contribution in [2.45, 2.75) is 37.8 Å². The molecule has 1 aliphatic heterocycles. The molecule has 2 aromatic carbocycles. The van der Waals surface area contributed by atoms with Crippen molar-refractivity contribution in [2.24, 2.45) is 0 Å². The summed E-state index contributed by atoms with van der Waals surface area (Å²) in [6.07, 6.45) is 3.28. The van der Waals surface area contributed by atoms with Crippen LogP contribution < -0.4 is 0 Å². The Bertz CT molecular complexity index is 536. The summed E-state index contributed by atoms with van der Waals surface area (Å²) >= 11 is 0. The molecular formula is C20H25NO. The maximum Gasteiger partial charge on any atom is 0.116 e. The van der Waals surface area contributed by atoms with Gasteiger partial charge in [0.2, 0.25) is 0 Å². The van der Waals surface area contributed by atoms with Crippen molar-refractivity contribution in [2.75, 3.05) is 13.1 Å². The maximum atomic E-state index is 11.6. The summed E-state index contributed by atoms with van der Waals surface area (Å²) in [6, 6.07) is 20.5. The summed E-state index contributed by atoms with van der Waals surface area (Å²) in [5.41, 5.74) is 1.03. The van der Waals surface area contributed by atoms with Gasteiger partial charge in [0.25, 0.3) is 0 Å². The Morgan fingerprint density at radius 2 is 1.36 bits per heavy atom. The van der Waals surface area contributed by atoms with Gasteiger partial charge in [0.15, 0.2) is 0 Å². The van der Waals surface area contributed by atoms with Crippen LogP contribution in [0.1, 0.15) is 37.3 Å². The first-order chi connectivity index (χ1) is 10.7. The molecule has 1 atom stereocenters. The van der Waals surface area contributed by atoms with Crippen LogP contribution in [-0.4, -0.2) is 29.1 Å². The summed E-state index contributed by atoms with van der Waals surface area (Å²) in [4.78, 5) is 2.50. The zero-order valence-electron chi connectivity index (χ0n) is 13.3. The summed E-state index contributed by atoms with van der Waals surface area (Å²) < 4.78 is 0. The van der Waals surface area contributed by atoms with Crippen molar-refractivity contribution >= 4 is 0 Å². The smallest absolute Gasteiger partial charge is 0.116 e. The predicted molar refractivity (Wildman–Crippen MR) is 90.8 cm³/mol. The summed E-state index contributed by atoms with van der Waals surface area (Å²) in [5.74, 6) is 0. The number of hydrogen-bond donors (Lipinski definition) is 1. The Kier molecular flexibility index (Phi) is 4.60. The first-order valence-corrected chi connectivity index (χ1v) is 8.27. The van der Waals surface area contributed by atoms with Gasteiger partial charge in [-0.05, 0) is 50.4 Å². The van der Waals surface area contributed by atoms with Crippen LogP contribution in [0.15, 0.2) is 60.7 Å². The average Bonchev–Trinajstić information content (AvgIpc) is 3.11. The first-order valence-electron chi connectivity index (χ1n) is 8.27. The van der Waals surface area contributed by atoms with Crippen LogP contribution in [0.2, 0.25) is 0 Å². The van der Waals surface area contributed by atoms with E-state index in [0.717, 1.165) is 30.6 Å². The quantitative estimate of drug-likeness (QED) is 0.907. The van der Waals surface area contributed by atoms with Gasteiger partial charge in [0, 0.05) is 6.04 Å². The molecule has 2 heteroatoms. The van der Waals surface area contributed by atoms with Gasteiger partial charge in [-0.1, -0.05) is 60.7 Å². The van der Waals surface area contributed by atoms with Crippen LogP contribution in [-0.2, 0) is 5.60 Å². The van der Waals surface area contributed by atoms with Gasteiger partial charge >= 0.3 is 0 Å². The van der Waals surface area contributed by atoms with E-state index in [4.69, 9.17) is 0 Å². The Morgan fingerprint density at radius 3 is 1.82 bits per heavy atom. The lowest BCUT2D eigenvalue weighted by atomic mass is 9.81. The van der Waals surface area contributed by atoms with E-state index in [1.807, 2.05) is 60.7 Å². The molecule has 0 saturated carbocycles. The van der Waals surface area contributed by atoms with Gasteiger partial charge in [-0.15, -0.1) is 0 Å². The minimum absolute atomic E-state index is 0.368. The highest BCUT2D eigenvalue weighted by Gasteiger charge is 2.35. The highest BCUT2D eigenvalue weighted by Crippen LogP contribution is 2.35. The first kappa shape index (κ1) is 15.3. The van der Waals surface area contributed by atoms with Crippen molar-refractivity contribution in [3.05, 3.63) is 71.8 Å². The van der Waals surface area contributed by atoms with Crippen LogP contribution in [0.4, 0.5) is 0 Å². The normalized spacial score (nSPS) is 17.5. The van der Waals surface area contributed by atoms with Crippen LogP contribution in [0, 0.1) is 0 Å². The van der Waals surface area contributed by atoms with E-state index in [9.17, 15) is 5.11 Å². The zero-order valence-corrected chi connectivity index (χ0v) is 13.3. The van der Waals surface area contributed by atoms with Crippen LogP contribution in [0.3, 0.4) is 0 Å². The van der Waals surface area contributed by atoms with E-state index >= 15 is 0 Å². The average molecular weight is 295 g/mol. The number of likely N-dealkylation sites (tertiary alicyclic amines) is 1. The molecule has 2 aromatic rings. The Balaban J connectivity index is 1.93. The van der Waals surface area contributed by atoms with Gasteiger partial charge in [-0.25, -0.2) is 0 Å². The molecule has 3 rings (SSSR count). The molecule has 0 aliphatic carbocycles. The molecule has 0 aromatic heterocycles. The number of benzene rings is 2. The Labute approximate surface area is 133 Å². The molecule has 0 bridgehead atoms. The summed E-state index contributed by atoms with van der Waals surface area (Å²) in [5, 5.41) is 11.6. The number of nitrogens with zero attached hydrogens (tertiary/aromatic N) is 1. The standard InChI is InChI=1S/C20H25NO/c1-17(21-14-8-9-15-21)16-20(22,18-10-4-2-5-11-18)19-12-6-3-7-13-19/h2-7,10-13,17,22H,8-9,14-16H2,1H3/t17-/m0/s1. The maximum absolute atomic E-state index is 11.6. The number of rotatable bonds is 5. The molecule has 2 nitrogen and oxygen atoms in total. The SMILES string of the molecule is C[C@@H](CC(O)(c1ccccc1)c1ccccc1)N1CCCC1. The van der Waals surface area contributed by atoms with E-state index in [1.54, 1.807) is 0 Å². The molecule has 0 unspecified atom stereocenters. The molecule has 0 amide bonds. The van der Waals surface area contributed by atoms with Crippen molar-refractivity contribution in [1.82, 2.24) is 4.90 Å². The van der Waals surface area contributed by atoms with E-state index in [2.05, 4.69) is 11.8 Å². The largest absolute Gasteiger partial charge is 0.380 e. The zero-order chi connectivity index (χ0) is 15.4. The molecule has 1 N–H and O–H groups in total. The van der Waals surface area contributed by atoms with Crippen LogP contribution in [0.25, 0.3) is 0 Å². The second kappa shape index (κ2) is 6.64. The van der Waals surface area contributed by atoms with Crippen molar-refractivity contribution in [3.63, 3.8) is 0 Å². The van der Waals surface area contributed by atoms with Crippen molar-refractivity contribution in [3.8, 4) is 0 Å². The second-order valence-electron chi connectivity index (χ2n) is 6.39. The van der Waals surface area contributed by atoms with E-state index in [1.165, 1.54) is 12.8 Å². The third-order valence-corrected chi connectivity index (χ3v) is 4.86. The number of hydrogen-bond acceptors (Lipinski definition) is 2. The fraction of sp³-hybridized carbons (Fsp3) is 0.400. The lowest BCUT2D eigenvalue weighted by Crippen LogP contribution is -2.39. The molecule has 116 valence electrons. The van der Waals surface area contributed by atoms with Gasteiger partial charge in [0.05, 0.1) is 0 Å². The van der Waals surface area contributed by atoms with Gasteiger partial charge < -0.3 is 10.0 Å². The highest BCUT2D eigenvalue weighted by atomic mass is 16.3. The molecule has 0 spiro atoms. The fourth-order valence-electron chi connectivity index (χ4n) is 3.57. The Morgan fingerprint density at radius 1 is 0.909 bits per heavy atom. The van der Waals surface area contributed by atoms with Gasteiger partial charge in [-0.3, -0.25) is 0 Å². The van der Waals surface area contributed by atoms with E-state index < -0.39 is 5.60 Å². The molecule has 1 heterocycles. The second-order valence-corrected chi connectivity index (χ2v) is 6.39. The minimum atomic E-state index is -0.926. The molecule has 0 radical (unpaired) electrons. The van der Waals surface area contributed by atoms with E-state index in [-0.39, 0.29) is 0 Å². The van der Waals surface area contributed by atoms with Gasteiger partial charge in [-0.2, -0.15) is 0 Å². The molecular weight excluding hydrogens is 270 g/mol. The summed E-state index contributed by atoms with van der Waals surface area (Å²) in [7, 11) is 0. The van der Waals surface area contributed by atoms with Gasteiger partial charge in [0.1, 0.15) is 5.60 Å². The van der Waals surface area contributed by atoms with Crippen LogP contribution >= 0.6 is 0 Å². The van der Waals surface area contributed by atoms with E-state index in [0.29, 0.717) is 6.04 Å². The molecule has 1 saturated heterocycles. The number of aliphatic hydroxyl groups is 1. The van der Waals surface area contributed by atoms with Crippen LogP contribution in [0.5, 0.6) is 0 Å². The highest BCUT2D eigenvalue weighted by molar-refractivity contribution is 5.36. The molecule has 1 aliphatic rings.